The van der Waals surface area contributed by atoms with E-state index in [1.54, 1.807) is 18.3 Å². The van der Waals surface area contributed by atoms with Crippen molar-refractivity contribution < 1.29 is 14.3 Å². The summed E-state index contributed by atoms with van der Waals surface area (Å²) in [5.41, 5.74) is 4.36. The van der Waals surface area contributed by atoms with E-state index in [4.69, 9.17) is 21.1 Å². The van der Waals surface area contributed by atoms with Crippen molar-refractivity contribution in [1.82, 2.24) is 9.88 Å². The third kappa shape index (κ3) is 3.70. The Morgan fingerprint density at radius 3 is 3.00 bits per heavy atom. The molecule has 2 heterocycles. The van der Waals surface area contributed by atoms with Crippen molar-refractivity contribution in [3.8, 4) is 5.75 Å². The Labute approximate surface area is 163 Å². The molecule has 1 aliphatic carbocycles. The first kappa shape index (κ1) is 18.0. The van der Waals surface area contributed by atoms with Gasteiger partial charge in [-0.25, -0.2) is 4.98 Å². The van der Waals surface area contributed by atoms with Gasteiger partial charge < -0.3 is 14.4 Å². The van der Waals surface area contributed by atoms with Gasteiger partial charge in [-0.3, -0.25) is 4.79 Å². The number of amides is 1. The molecule has 5 nitrogen and oxygen atoms in total. The SMILES string of the molecule is CC1=C(C(=O)N2CCOC(COc3cccnc3Cl)C2)Cc2ccccc21. The number of pyridine rings is 1. The van der Waals surface area contributed by atoms with Gasteiger partial charge in [0, 0.05) is 24.7 Å². The number of nitrogens with zero attached hydrogens (tertiary/aromatic N) is 2. The van der Waals surface area contributed by atoms with Crippen LogP contribution in [0.4, 0.5) is 0 Å². The summed E-state index contributed by atoms with van der Waals surface area (Å²) in [7, 11) is 0. The summed E-state index contributed by atoms with van der Waals surface area (Å²) in [4.78, 5) is 19.0. The molecule has 27 heavy (non-hydrogen) atoms. The zero-order chi connectivity index (χ0) is 18.8. The standard InChI is InChI=1S/C21H21ClN2O3/c1-14-17-6-3-2-5-15(17)11-18(14)21(25)24-9-10-26-16(12-24)13-27-19-7-4-8-23-20(19)22/h2-8,16H,9-13H2,1H3. The molecule has 0 N–H and O–H groups in total. The molecular weight excluding hydrogens is 364 g/mol. The number of morpholine rings is 1. The minimum atomic E-state index is -0.191. The topological polar surface area (TPSA) is 51.7 Å². The van der Waals surface area contributed by atoms with Crippen LogP contribution in [0.25, 0.3) is 5.57 Å². The Hall–Kier alpha value is -2.37. The molecule has 1 fully saturated rings. The minimum absolute atomic E-state index is 0.0939. The fourth-order valence-electron chi connectivity index (χ4n) is 3.62. The molecular formula is C21H21ClN2O3. The zero-order valence-corrected chi connectivity index (χ0v) is 15.9. The van der Waals surface area contributed by atoms with E-state index in [1.165, 1.54) is 11.1 Å². The highest BCUT2D eigenvalue weighted by atomic mass is 35.5. The van der Waals surface area contributed by atoms with E-state index >= 15 is 0 Å². The molecule has 0 saturated carbocycles. The van der Waals surface area contributed by atoms with Crippen LogP contribution in [0, 0.1) is 0 Å². The smallest absolute Gasteiger partial charge is 0.250 e. The predicted octanol–water partition coefficient (Wildman–Crippen LogP) is 3.37. The van der Waals surface area contributed by atoms with E-state index in [0.29, 0.717) is 43.6 Å². The molecule has 2 aromatic rings. The second kappa shape index (κ2) is 7.71. The zero-order valence-electron chi connectivity index (χ0n) is 15.2. The average molecular weight is 385 g/mol. The van der Waals surface area contributed by atoms with Crippen molar-refractivity contribution in [1.29, 1.82) is 0 Å². The number of hydrogen-bond acceptors (Lipinski definition) is 4. The number of ether oxygens (including phenoxy) is 2. The third-order valence-electron chi connectivity index (χ3n) is 5.08. The Bertz CT molecular complexity index is 897. The van der Waals surface area contributed by atoms with Crippen LogP contribution in [0.3, 0.4) is 0 Å². The fourth-order valence-corrected chi connectivity index (χ4v) is 3.79. The highest BCUT2D eigenvalue weighted by molar-refractivity contribution is 6.30. The van der Waals surface area contributed by atoms with Crippen molar-refractivity contribution >= 4 is 23.1 Å². The second-order valence-corrected chi connectivity index (χ2v) is 7.14. The number of aromatic nitrogens is 1. The lowest BCUT2D eigenvalue weighted by molar-refractivity contribution is -0.135. The predicted molar refractivity (Wildman–Crippen MR) is 104 cm³/mol. The summed E-state index contributed by atoms with van der Waals surface area (Å²) in [6, 6.07) is 11.7. The highest BCUT2D eigenvalue weighted by Crippen LogP contribution is 2.33. The molecule has 1 aliphatic heterocycles. The molecule has 0 spiro atoms. The van der Waals surface area contributed by atoms with Crippen LogP contribution in [-0.4, -0.2) is 48.2 Å². The summed E-state index contributed by atoms with van der Waals surface area (Å²) in [5.74, 6) is 0.618. The molecule has 4 rings (SSSR count). The molecule has 0 radical (unpaired) electrons. The molecule has 1 amide bonds. The number of benzene rings is 1. The van der Waals surface area contributed by atoms with Crippen LogP contribution < -0.4 is 4.74 Å². The molecule has 1 saturated heterocycles. The van der Waals surface area contributed by atoms with Gasteiger partial charge in [0.15, 0.2) is 10.9 Å². The Balaban J connectivity index is 1.41. The van der Waals surface area contributed by atoms with E-state index in [1.807, 2.05) is 24.0 Å². The Morgan fingerprint density at radius 2 is 2.19 bits per heavy atom. The van der Waals surface area contributed by atoms with Crippen molar-refractivity contribution in [2.75, 3.05) is 26.3 Å². The quantitative estimate of drug-likeness (QED) is 0.758. The maximum Gasteiger partial charge on any atom is 0.250 e. The molecule has 0 bridgehead atoms. The summed E-state index contributed by atoms with van der Waals surface area (Å²) < 4.78 is 11.5. The number of allylic oxidation sites excluding steroid dienone is 1. The van der Waals surface area contributed by atoms with E-state index in [0.717, 1.165) is 11.1 Å². The van der Waals surface area contributed by atoms with Gasteiger partial charge in [0.1, 0.15) is 12.7 Å². The van der Waals surface area contributed by atoms with Gasteiger partial charge in [0.2, 0.25) is 0 Å². The van der Waals surface area contributed by atoms with Gasteiger partial charge in [-0.2, -0.15) is 0 Å². The average Bonchev–Trinajstić information content (AvgIpc) is 3.04. The van der Waals surface area contributed by atoms with Crippen molar-refractivity contribution in [2.24, 2.45) is 0 Å². The fraction of sp³-hybridized carbons (Fsp3) is 0.333. The first-order valence-corrected chi connectivity index (χ1v) is 9.43. The Morgan fingerprint density at radius 1 is 1.33 bits per heavy atom. The maximum atomic E-state index is 13.1. The minimum Gasteiger partial charge on any atom is -0.488 e. The molecule has 1 aromatic heterocycles. The highest BCUT2D eigenvalue weighted by Gasteiger charge is 2.30. The first-order chi connectivity index (χ1) is 13.1. The number of halogens is 1. The van der Waals surface area contributed by atoms with Crippen LogP contribution in [0.1, 0.15) is 18.1 Å². The lowest BCUT2D eigenvalue weighted by atomic mass is 10.1. The largest absolute Gasteiger partial charge is 0.488 e. The van der Waals surface area contributed by atoms with Gasteiger partial charge in [0.05, 0.1) is 13.2 Å². The second-order valence-electron chi connectivity index (χ2n) is 6.78. The summed E-state index contributed by atoms with van der Waals surface area (Å²) >= 11 is 6.02. The van der Waals surface area contributed by atoms with E-state index in [-0.39, 0.29) is 12.0 Å². The number of carbonyl (C=O) groups is 1. The van der Waals surface area contributed by atoms with Crippen molar-refractivity contribution in [3.05, 3.63) is 64.4 Å². The van der Waals surface area contributed by atoms with E-state index in [9.17, 15) is 4.79 Å². The van der Waals surface area contributed by atoms with Crippen LogP contribution >= 0.6 is 11.6 Å². The number of carbonyl (C=O) groups excluding carboxylic acids is 1. The Kier molecular flexibility index (Phi) is 5.14. The molecule has 1 unspecified atom stereocenters. The van der Waals surface area contributed by atoms with Gasteiger partial charge in [-0.15, -0.1) is 0 Å². The lowest BCUT2D eigenvalue weighted by Gasteiger charge is -2.33. The monoisotopic (exact) mass is 384 g/mol. The summed E-state index contributed by atoms with van der Waals surface area (Å²) in [6.07, 6.45) is 2.12. The molecule has 1 aromatic carbocycles. The summed E-state index contributed by atoms with van der Waals surface area (Å²) in [6.45, 7) is 3.96. The summed E-state index contributed by atoms with van der Waals surface area (Å²) in [5, 5.41) is 0.325. The first-order valence-electron chi connectivity index (χ1n) is 9.05. The van der Waals surface area contributed by atoms with Gasteiger partial charge in [-0.1, -0.05) is 35.9 Å². The molecule has 140 valence electrons. The molecule has 2 aliphatic rings. The van der Waals surface area contributed by atoms with Gasteiger partial charge in [-0.05, 0) is 35.8 Å². The molecule has 6 heteroatoms. The van der Waals surface area contributed by atoms with Crippen LogP contribution in [-0.2, 0) is 16.0 Å². The van der Waals surface area contributed by atoms with Crippen LogP contribution in [0.15, 0.2) is 48.2 Å². The number of rotatable bonds is 4. The third-order valence-corrected chi connectivity index (χ3v) is 5.36. The van der Waals surface area contributed by atoms with E-state index in [2.05, 4.69) is 17.1 Å². The van der Waals surface area contributed by atoms with E-state index < -0.39 is 0 Å². The lowest BCUT2D eigenvalue weighted by Crippen LogP contribution is -2.48. The van der Waals surface area contributed by atoms with Crippen molar-refractivity contribution in [2.45, 2.75) is 19.4 Å². The van der Waals surface area contributed by atoms with Crippen LogP contribution in [0.2, 0.25) is 5.15 Å². The van der Waals surface area contributed by atoms with Crippen LogP contribution in [0.5, 0.6) is 5.75 Å². The maximum absolute atomic E-state index is 13.1. The number of hydrogen-bond donors (Lipinski definition) is 0. The molecule has 1 atom stereocenters. The number of fused-ring (bicyclic) bond motifs is 1. The van der Waals surface area contributed by atoms with Crippen molar-refractivity contribution in [3.63, 3.8) is 0 Å². The van der Waals surface area contributed by atoms with Gasteiger partial charge >= 0.3 is 0 Å². The normalized spacial score (nSPS) is 19.2. The van der Waals surface area contributed by atoms with Gasteiger partial charge in [0.25, 0.3) is 5.91 Å².